The fourth-order valence-electron chi connectivity index (χ4n) is 2.21. The molecular formula is C13H19N3O2S. The Balaban J connectivity index is 1.74. The average molecular weight is 281 g/mol. The molecule has 1 aromatic heterocycles. The highest BCUT2D eigenvalue weighted by Crippen LogP contribution is 2.17. The molecular weight excluding hydrogens is 262 g/mol. The molecule has 1 N–H and O–H groups in total. The Hall–Kier alpha value is -1.43. The van der Waals surface area contributed by atoms with Crippen molar-refractivity contribution in [1.82, 2.24) is 15.2 Å². The van der Waals surface area contributed by atoms with Crippen LogP contribution < -0.4 is 5.32 Å². The predicted octanol–water partition coefficient (Wildman–Crippen LogP) is 0.979. The zero-order chi connectivity index (χ0) is 13.8. The highest BCUT2D eigenvalue weighted by atomic mass is 32.1. The van der Waals surface area contributed by atoms with Crippen LogP contribution in [-0.2, 0) is 16.0 Å². The van der Waals surface area contributed by atoms with E-state index in [4.69, 9.17) is 0 Å². The quantitative estimate of drug-likeness (QED) is 0.875. The third-order valence-corrected chi connectivity index (χ3v) is 4.30. The average Bonchev–Trinajstić information content (AvgIpc) is 2.95. The molecule has 19 heavy (non-hydrogen) atoms. The van der Waals surface area contributed by atoms with E-state index in [1.807, 2.05) is 19.2 Å². The Morgan fingerprint density at radius 1 is 1.63 bits per heavy atom. The number of aryl methyl sites for hydroxylation is 1. The van der Waals surface area contributed by atoms with Gasteiger partial charge in [0, 0.05) is 43.5 Å². The number of likely N-dealkylation sites (tertiary alicyclic amines) is 1. The second kappa shape index (κ2) is 6.14. The van der Waals surface area contributed by atoms with Gasteiger partial charge in [-0.25, -0.2) is 4.98 Å². The zero-order valence-corrected chi connectivity index (χ0v) is 12.1. The molecule has 2 amide bonds. The minimum absolute atomic E-state index is 0.0161. The smallest absolute Gasteiger partial charge is 0.225 e. The van der Waals surface area contributed by atoms with E-state index in [1.165, 1.54) is 0 Å². The largest absolute Gasteiger partial charge is 0.355 e. The van der Waals surface area contributed by atoms with Crippen LogP contribution in [0.15, 0.2) is 5.38 Å². The minimum Gasteiger partial charge on any atom is -0.355 e. The van der Waals surface area contributed by atoms with Crippen LogP contribution >= 0.6 is 11.3 Å². The minimum atomic E-state index is -0.189. The maximum Gasteiger partial charge on any atom is 0.225 e. The van der Waals surface area contributed by atoms with Crippen LogP contribution in [0.1, 0.15) is 24.0 Å². The third-order valence-electron chi connectivity index (χ3n) is 3.27. The Bertz CT molecular complexity index is 472. The van der Waals surface area contributed by atoms with Gasteiger partial charge in [-0.1, -0.05) is 0 Å². The molecule has 0 aliphatic carbocycles. The normalized spacial score (nSPS) is 18.9. The summed E-state index contributed by atoms with van der Waals surface area (Å²) in [6.07, 6.45) is 1.10. The van der Waals surface area contributed by atoms with Crippen LogP contribution in [-0.4, -0.2) is 41.3 Å². The van der Waals surface area contributed by atoms with Gasteiger partial charge in [-0.05, 0) is 13.8 Å². The highest BCUT2D eigenvalue weighted by molar-refractivity contribution is 7.09. The number of carbonyl (C=O) groups excluding carboxylic acids is 2. The molecule has 1 saturated heterocycles. The first-order chi connectivity index (χ1) is 9.10. The van der Waals surface area contributed by atoms with Crippen molar-refractivity contribution in [2.24, 2.45) is 5.92 Å². The lowest BCUT2D eigenvalue weighted by molar-refractivity contribution is -0.128. The van der Waals surface area contributed by atoms with Crippen molar-refractivity contribution in [2.75, 3.05) is 19.6 Å². The number of hydrogen-bond donors (Lipinski definition) is 1. The summed E-state index contributed by atoms with van der Waals surface area (Å²) in [6.45, 7) is 5.71. The van der Waals surface area contributed by atoms with E-state index in [2.05, 4.69) is 10.3 Å². The molecule has 6 heteroatoms. The van der Waals surface area contributed by atoms with Gasteiger partial charge in [-0.2, -0.15) is 0 Å². The Kier molecular flexibility index (Phi) is 4.52. The number of nitrogens with zero attached hydrogens (tertiary/aromatic N) is 2. The monoisotopic (exact) mass is 281 g/mol. The van der Waals surface area contributed by atoms with Gasteiger partial charge in [-0.3, -0.25) is 9.59 Å². The van der Waals surface area contributed by atoms with Crippen molar-refractivity contribution in [1.29, 1.82) is 0 Å². The van der Waals surface area contributed by atoms with E-state index in [1.54, 1.807) is 16.2 Å². The van der Waals surface area contributed by atoms with Gasteiger partial charge in [0.1, 0.15) is 0 Å². The van der Waals surface area contributed by atoms with E-state index in [9.17, 15) is 9.59 Å². The standard InChI is InChI=1S/C13H19N3O2S/c1-3-16-7-10(6-12(16)17)13(18)14-5-4-11-15-9(2)8-19-11/h8,10H,3-7H2,1-2H3,(H,14,18). The molecule has 1 aliphatic heterocycles. The Morgan fingerprint density at radius 3 is 3.00 bits per heavy atom. The summed E-state index contributed by atoms with van der Waals surface area (Å²) < 4.78 is 0. The number of nitrogens with one attached hydrogen (secondary N) is 1. The summed E-state index contributed by atoms with van der Waals surface area (Å²) >= 11 is 1.61. The molecule has 0 saturated carbocycles. The van der Waals surface area contributed by atoms with E-state index in [0.29, 0.717) is 26.1 Å². The predicted molar refractivity (Wildman–Crippen MR) is 73.9 cm³/mol. The number of hydrogen-bond acceptors (Lipinski definition) is 4. The van der Waals surface area contributed by atoms with E-state index in [0.717, 1.165) is 17.1 Å². The summed E-state index contributed by atoms with van der Waals surface area (Å²) in [5, 5.41) is 5.94. The van der Waals surface area contributed by atoms with Crippen molar-refractivity contribution >= 4 is 23.2 Å². The maximum atomic E-state index is 11.9. The molecule has 1 fully saturated rings. The van der Waals surface area contributed by atoms with E-state index >= 15 is 0 Å². The lowest BCUT2D eigenvalue weighted by Crippen LogP contribution is -2.34. The first-order valence-electron chi connectivity index (χ1n) is 6.56. The molecule has 0 spiro atoms. The summed E-state index contributed by atoms with van der Waals surface area (Å²) in [7, 11) is 0. The molecule has 0 bridgehead atoms. The second-order valence-corrected chi connectivity index (χ2v) is 5.70. The fraction of sp³-hybridized carbons (Fsp3) is 0.615. The Labute approximate surface area is 117 Å². The van der Waals surface area contributed by atoms with Crippen LogP contribution in [0.3, 0.4) is 0 Å². The lowest BCUT2D eigenvalue weighted by atomic mass is 10.1. The van der Waals surface area contributed by atoms with Crippen LogP contribution in [0.2, 0.25) is 0 Å². The van der Waals surface area contributed by atoms with Crippen molar-refractivity contribution in [3.05, 3.63) is 16.1 Å². The van der Waals surface area contributed by atoms with Crippen molar-refractivity contribution in [3.8, 4) is 0 Å². The molecule has 104 valence electrons. The van der Waals surface area contributed by atoms with Gasteiger partial charge < -0.3 is 10.2 Å². The number of carbonyl (C=O) groups is 2. The molecule has 0 aromatic carbocycles. The molecule has 1 aliphatic rings. The summed E-state index contributed by atoms with van der Waals surface area (Å²) in [4.78, 5) is 29.6. The number of thiazole rings is 1. The number of rotatable bonds is 5. The van der Waals surface area contributed by atoms with Crippen molar-refractivity contribution in [2.45, 2.75) is 26.7 Å². The second-order valence-electron chi connectivity index (χ2n) is 4.76. The van der Waals surface area contributed by atoms with Crippen LogP contribution in [0.4, 0.5) is 0 Å². The number of amides is 2. The van der Waals surface area contributed by atoms with Gasteiger partial charge in [-0.15, -0.1) is 11.3 Å². The van der Waals surface area contributed by atoms with Gasteiger partial charge >= 0.3 is 0 Å². The highest BCUT2D eigenvalue weighted by Gasteiger charge is 2.32. The van der Waals surface area contributed by atoms with E-state index < -0.39 is 0 Å². The van der Waals surface area contributed by atoms with E-state index in [-0.39, 0.29) is 17.7 Å². The van der Waals surface area contributed by atoms with Gasteiger partial charge in [0.05, 0.1) is 10.9 Å². The molecule has 1 aromatic rings. The molecule has 1 unspecified atom stereocenters. The van der Waals surface area contributed by atoms with Crippen molar-refractivity contribution in [3.63, 3.8) is 0 Å². The topological polar surface area (TPSA) is 62.3 Å². The summed E-state index contributed by atoms with van der Waals surface area (Å²) in [5.74, 6) is -0.124. The molecule has 1 atom stereocenters. The van der Waals surface area contributed by atoms with Crippen LogP contribution in [0.5, 0.6) is 0 Å². The van der Waals surface area contributed by atoms with Gasteiger partial charge in [0.2, 0.25) is 11.8 Å². The van der Waals surface area contributed by atoms with Crippen LogP contribution in [0, 0.1) is 12.8 Å². The lowest BCUT2D eigenvalue weighted by Gasteiger charge is -2.13. The van der Waals surface area contributed by atoms with Crippen molar-refractivity contribution < 1.29 is 9.59 Å². The molecule has 2 rings (SSSR count). The summed E-state index contributed by atoms with van der Waals surface area (Å²) in [5.41, 5.74) is 1.02. The Morgan fingerprint density at radius 2 is 2.42 bits per heavy atom. The fourth-order valence-corrected chi connectivity index (χ4v) is 2.98. The van der Waals surface area contributed by atoms with Gasteiger partial charge in [0.25, 0.3) is 0 Å². The third kappa shape index (κ3) is 3.53. The van der Waals surface area contributed by atoms with Crippen LogP contribution in [0.25, 0.3) is 0 Å². The summed E-state index contributed by atoms with van der Waals surface area (Å²) in [6, 6.07) is 0. The SMILES string of the molecule is CCN1CC(C(=O)NCCc2nc(C)cs2)CC1=O. The first-order valence-corrected chi connectivity index (χ1v) is 7.44. The molecule has 2 heterocycles. The number of aromatic nitrogens is 1. The zero-order valence-electron chi connectivity index (χ0n) is 11.3. The van der Waals surface area contributed by atoms with Gasteiger partial charge in [0.15, 0.2) is 0 Å². The molecule has 5 nitrogen and oxygen atoms in total. The molecule has 0 radical (unpaired) electrons. The first kappa shape index (κ1) is 14.0. The maximum absolute atomic E-state index is 11.9.